The summed E-state index contributed by atoms with van der Waals surface area (Å²) in [5, 5.41) is 29.0. The fourth-order valence-corrected chi connectivity index (χ4v) is 3.78. The number of carbonyl (C=O) groups is 1. The van der Waals surface area contributed by atoms with Crippen LogP contribution in [-0.4, -0.2) is 21.3 Å². The van der Waals surface area contributed by atoms with Crippen LogP contribution in [0.5, 0.6) is 11.5 Å². The SMILES string of the molecule is CC(C)(C)CCCCc1cc(O)c(O)cc1CCCCCC1(C(=O)O)CC1. The predicted octanol–water partition coefficient (Wildman–Crippen LogP) is 5.82. The molecule has 0 spiro atoms. The minimum Gasteiger partial charge on any atom is -0.504 e. The molecule has 152 valence electrons. The Labute approximate surface area is 163 Å². The van der Waals surface area contributed by atoms with Gasteiger partial charge < -0.3 is 15.3 Å². The third-order valence-corrected chi connectivity index (χ3v) is 5.83. The van der Waals surface area contributed by atoms with E-state index in [-0.39, 0.29) is 11.5 Å². The summed E-state index contributed by atoms with van der Waals surface area (Å²) in [5.41, 5.74) is 2.16. The van der Waals surface area contributed by atoms with Crippen LogP contribution >= 0.6 is 0 Å². The number of phenols is 2. The summed E-state index contributed by atoms with van der Waals surface area (Å²) in [6.45, 7) is 6.75. The van der Waals surface area contributed by atoms with Crippen molar-refractivity contribution in [1.82, 2.24) is 0 Å². The Hall–Kier alpha value is -1.71. The Morgan fingerprint density at radius 3 is 1.89 bits per heavy atom. The average molecular weight is 377 g/mol. The number of carboxylic acid groups (broad SMARTS) is 1. The molecule has 0 bridgehead atoms. The maximum absolute atomic E-state index is 11.2. The number of unbranched alkanes of at least 4 members (excludes halogenated alkanes) is 3. The molecular weight excluding hydrogens is 340 g/mol. The van der Waals surface area contributed by atoms with Crippen LogP contribution in [0.3, 0.4) is 0 Å². The van der Waals surface area contributed by atoms with Crippen LogP contribution < -0.4 is 0 Å². The topological polar surface area (TPSA) is 77.8 Å². The molecule has 4 nitrogen and oxygen atoms in total. The van der Waals surface area contributed by atoms with Gasteiger partial charge in [0.25, 0.3) is 0 Å². The van der Waals surface area contributed by atoms with Gasteiger partial charge in [0.1, 0.15) is 0 Å². The highest BCUT2D eigenvalue weighted by molar-refractivity contribution is 5.77. The van der Waals surface area contributed by atoms with E-state index in [0.717, 1.165) is 75.3 Å². The molecule has 0 unspecified atom stereocenters. The van der Waals surface area contributed by atoms with E-state index < -0.39 is 11.4 Å². The number of carboxylic acids is 1. The van der Waals surface area contributed by atoms with Gasteiger partial charge in [0.2, 0.25) is 0 Å². The number of hydrogen-bond acceptors (Lipinski definition) is 3. The van der Waals surface area contributed by atoms with Gasteiger partial charge in [-0.05, 0) is 80.0 Å². The van der Waals surface area contributed by atoms with E-state index in [9.17, 15) is 20.1 Å². The van der Waals surface area contributed by atoms with Gasteiger partial charge in [0.05, 0.1) is 5.41 Å². The highest BCUT2D eigenvalue weighted by Gasteiger charge is 2.49. The molecule has 0 atom stereocenters. The lowest BCUT2D eigenvalue weighted by atomic mass is 9.88. The molecular formula is C23H36O4. The van der Waals surface area contributed by atoms with Crippen LogP contribution in [0.2, 0.25) is 0 Å². The lowest BCUT2D eigenvalue weighted by molar-refractivity contribution is -0.143. The van der Waals surface area contributed by atoms with E-state index in [4.69, 9.17) is 0 Å². The minimum absolute atomic E-state index is 0.0401. The number of hydrogen-bond donors (Lipinski definition) is 3. The summed E-state index contributed by atoms with van der Waals surface area (Å²) in [7, 11) is 0. The molecule has 1 aliphatic carbocycles. The van der Waals surface area contributed by atoms with Gasteiger partial charge >= 0.3 is 5.97 Å². The van der Waals surface area contributed by atoms with Crippen LogP contribution in [-0.2, 0) is 17.6 Å². The molecule has 0 heterocycles. The highest BCUT2D eigenvalue weighted by atomic mass is 16.4. The first-order valence-corrected chi connectivity index (χ1v) is 10.4. The van der Waals surface area contributed by atoms with Gasteiger partial charge in [-0.1, -0.05) is 40.0 Å². The number of aryl methyl sites for hydroxylation is 2. The molecule has 0 aliphatic heterocycles. The quantitative estimate of drug-likeness (QED) is 0.336. The second-order valence-electron chi connectivity index (χ2n) is 9.52. The summed E-state index contributed by atoms with van der Waals surface area (Å²) in [5.74, 6) is -0.726. The smallest absolute Gasteiger partial charge is 0.309 e. The Morgan fingerprint density at radius 2 is 1.44 bits per heavy atom. The van der Waals surface area contributed by atoms with E-state index in [1.54, 1.807) is 12.1 Å². The van der Waals surface area contributed by atoms with Crippen molar-refractivity contribution in [2.45, 2.75) is 91.4 Å². The van der Waals surface area contributed by atoms with Crippen molar-refractivity contribution in [2.75, 3.05) is 0 Å². The Bertz CT molecular complexity index is 639. The van der Waals surface area contributed by atoms with Crippen LogP contribution in [0.15, 0.2) is 12.1 Å². The molecule has 27 heavy (non-hydrogen) atoms. The number of phenolic OH excluding ortho intramolecular Hbond substituents is 2. The minimum atomic E-state index is -0.636. The zero-order valence-electron chi connectivity index (χ0n) is 17.2. The molecule has 0 aromatic heterocycles. The summed E-state index contributed by atoms with van der Waals surface area (Å²) in [6.07, 6.45) is 10.5. The molecule has 1 aromatic carbocycles. The van der Waals surface area contributed by atoms with Crippen LogP contribution in [0.1, 0.15) is 89.7 Å². The largest absolute Gasteiger partial charge is 0.504 e. The number of benzene rings is 1. The Kier molecular flexibility index (Phi) is 7.19. The number of rotatable bonds is 11. The van der Waals surface area contributed by atoms with E-state index in [0.29, 0.717) is 5.41 Å². The Balaban J connectivity index is 1.81. The summed E-state index contributed by atoms with van der Waals surface area (Å²) in [6, 6.07) is 3.42. The van der Waals surface area contributed by atoms with Crippen molar-refractivity contribution in [2.24, 2.45) is 10.8 Å². The van der Waals surface area contributed by atoms with Crippen molar-refractivity contribution >= 4 is 5.97 Å². The van der Waals surface area contributed by atoms with Crippen molar-refractivity contribution < 1.29 is 20.1 Å². The molecule has 0 amide bonds. The van der Waals surface area contributed by atoms with Crippen molar-refractivity contribution in [3.63, 3.8) is 0 Å². The van der Waals surface area contributed by atoms with Crippen LogP contribution in [0.25, 0.3) is 0 Å². The second-order valence-corrected chi connectivity index (χ2v) is 9.52. The van der Waals surface area contributed by atoms with Gasteiger partial charge in [-0.25, -0.2) is 0 Å². The van der Waals surface area contributed by atoms with Gasteiger partial charge in [-0.2, -0.15) is 0 Å². The third kappa shape index (κ3) is 6.75. The molecule has 0 radical (unpaired) electrons. The number of aliphatic carboxylic acids is 1. The Morgan fingerprint density at radius 1 is 0.926 bits per heavy atom. The van der Waals surface area contributed by atoms with Crippen molar-refractivity contribution in [3.05, 3.63) is 23.3 Å². The van der Waals surface area contributed by atoms with E-state index in [1.165, 1.54) is 6.42 Å². The molecule has 1 aliphatic rings. The van der Waals surface area contributed by atoms with Gasteiger partial charge in [0.15, 0.2) is 11.5 Å². The molecule has 1 saturated carbocycles. The second kappa shape index (κ2) is 8.99. The highest BCUT2D eigenvalue weighted by Crippen LogP contribution is 2.50. The van der Waals surface area contributed by atoms with E-state index in [2.05, 4.69) is 20.8 Å². The van der Waals surface area contributed by atoms with Crippen LogP contribution in [0, 0.1) is 10.8 Å². The maximum atomic E-state index is 11.2. The van der Waals surface area contributed by atoms with Gasteiger partial charge in [-0.3, -0.25) is 4.79 Å². The number of aromatic hydroxyl groups is 2. The first kappa shape index (κ1) is 21.6. The standard InChI is InChI=1S/C23H36O4/c1-22(2,3)11-8-6-10-18-16-20(25)19(24)15-17(18)9-5-4-7-12-23(13-14-23)21(26)27/h15-16,24-25H,4-14H2,1-3H3,(H,26,27). The summed E-state index contributed by atoms with van der Waals surface area (Å²) < 4.78 is 0. The predicted molar refractivity (Wildman–Crippen MR) is 108 cm³/mol. The lowest BCUT2D eigenvalue weighted by Gasteiger charge is -2.18. The molecule has 4 heteroatoms. The molecule has 2 rings (SSSR count). The molecule has 0 saturated heterocycles. The third-order valence-electron chi connectivity index (χ3n) is 5.83. The molecule has 1 fully saturated rings. The van der Waals surface area contributed by atoms with E-state index >= 15 is 0 Å². The zero-order valence-corrected chi connectivity index (χ0v) is 17.2. The first-order chi connectivity index (χ1) is 12.6. The first-order valence-electron chi connectivity index (χ1n) is 10.4. The fraction of sp³-hybridized carbons (Fsp3) is 0.696. The lowest BCUT2D eigenvalue weighted by Crippen LogP contribution is -2.14. The van der Waals surface area contributed by atoms with Crippen molar-refractivity contribution in [3.8, 4) is 11.5 Å². The summed E-state index contributed by atoms with van der Waals surface area (Å²) in [4.78, 5) is 11.2. The molecule has 1 aromatic rings. The van der Waals surface area contributed by atoms with E-state index in [1.807, 2.05) is 0 Å². The monoisotopic (exact) mass is 376 g/mol. The average Bonchev–Trinajstić information content (AvgIpc) is 3.35. The summed E-state index contributed by atoms with van der Waals surface area (Å²) >= 11 is 0. The fourth-order valence-electron chi connectivity index (χ4n) is 3.78. The normalized spacial score (nSPS) is 15.7. The molecule has 3 N–H and O–H groups in total. The maximum Gasteiger partial charge on any atom is 0.309 e. The van der Waals surface area contributed by atoms with Crippen LogP contribution in [0.4, 0.5) is 0 Å². The van der Waals surface area contributed by atoms with Crippen molar-refractivity contribution in [1.29, 1.82) is 0 Å². The zero-order chi connectivity index (χ0) is 20.1. The van der Waals surface area contributed by atoms with Gasteiger partial charge in [0, 0.05) is 0 Å². The van der Waals surface area contributed by atoms with Gasteiger partial charge in [-0.15, -0.1) is 0 Å².